The fraction of sp³-hybridized carbons (Fsp3) is 0.316. The van der Waals surface area contributed by atoms with E-state index in [0.29, 0.717) is 16.3 Å². The standard InChI is InChI=1S/C19H20Cl2N2O3S/c1-11-4-5-14(8-12(11)2)27-7-6-17(25)26-10-16(24)23-19-18(21)13(3)15(20)9-22-19/h4-5,8-9H,6-7,10H2,1-3H3,(H,22,23,24). The van der Waals surface area contributed by atoms with E-state index in [-0.39, 0.29) is 17.3 Å². The maximum Gasteiger partial charge on any atom is 0.307 e. The minimum Gasteiger partial charge on any atom is -0.456 e. The summed E-state index contributed by atoms with van der Waals surface area (Å²) >= 11 is 13.6. The first-order valence-corrected chi connectivity index (χ1v) is 9.98. The fourth-order valence-corrected chi connectivity index (χ4v) is 3.40. The molecule has 0 aliphatic carbocycles. The van der Waals surface area contributed by atoms with Crippen molar-refractivity contribution in [3.05, 3.63) is 51.1 Å². The number of amides is 1. The molecule has 0 aliphatic heterocycles. The predicted molar refractivity (Wildman–Crippen MR) is 110 cm³/mol. The number of halogens is 2. The maximum absolute atomic E-state index is 11.9. The lowest BCUT2D eigenvalue weighted by molar-refractivity contribution is -0.146. The van der Waals surface area contributed by atoms with E-state index in [4.69, 9.17) is 27.9 Å². The number of aryl methyl sites for hydroxylation is 2. The molecule has 0 aliphatic rings. The summed E-state index contributed by atoms with van der Waals surface area (Å²) in [5, 5.41) is 3.17. The Morgan fingerprint density at radius 1 is 1.19 bits per heavy atom. The van der Waals surface area contributed by atoms with Gasteiger partial charge in [-0.1, -0.05) is 29.3 Å². The van der Waals surface area contributed by atoms with E-state index in [2.05, 4.69) is 36.3 Å². The van der Waals surface area contributed by atoms with Crippen molar-refractivity contribution in [2.75, 3.05) is 17.7 Å². The molecule has 144 valence electrons. The van der Waals surface area contributed by atoms with Crippen LogP contribution in [0.3, 0.4) is 0 Å². The third kappa shape index (κ3) is 6.41. The van der Waals surface area contributed by atoms with Crippen LogP contribution in [0.4, 0.5) is 5.82 Å². The Morgan fingerprint density at radius 3 is 2.63 bits per heavy atom. The summed E-state index contributed by atoms with van der Waals surface area (Å²) < 4.78 is 4.99. The molecule has 0 atom stereocenters. The van der Waals surface area contributed by atoms with Crippen LogP contribution in [0.1, 0.15) is 23.1 Å². The number of aromatic nitrogens is 1. The van der Waals surface area contributed by atoms with Gasteiger partial charge in [-0.3, -0.25) is 9.59 Å². The molecular formula is C19H20Cl2N2O3S. The van der Waals surface area contributed by atoms with Gasteiger partial charge in [0.05, 0.1) is 16.5 Å². The average molecular weight is 427 g/mol. The highest BCUT2D eigenvalue weighted by atomic mass is 35.5. The maximum atomic E-state index is 11.9. The number of hydrogen-bond acceptors (Lipinski definition) is 5. The highest BCUT2D eigenvalue weighted by Gasteiger charge is 2.13. The van der Waals surface area contributed by atoms with Crippen LogP contribution < -0.4 is 5.32 Å². The molecule has 0 saturated heterocycles. The number of pyridine rings is 1. The van der Waals surface area contributed by atoms with E-state index in [0.717, 1.165) is 4.90 Å². The van der Waals surface area contributed by atoms with Gasteiger partial charge in [-0.05, 0) is 49.6 Å². The highest BCUT2D eigenvalue weighted by Crippen LogP contribution is 2.28. The second kappa shape index (κ2) is 9.97. The highest BCUT2D eigenvalue weighted by molar-refractivity contribution is 7.99. The van der Waals surface area contributed by atoms with Crippen LogP contribution in [0.15, 0.2) is 29.3 Å². The predicted octanol–water partition coefficient (Wildman–Crippen LogP) is 4.98. The third-order valence-corrected chi connectivity index (χ3v) is 5.72. The van der Waals surface area contributed by atoms with Crippen molar-refractivity contribution in [2.24, 2.45) is 0 Å². The molecule has 1 aromatic carbocycles. The van der Waals surface area contributed by atoms with Crippen LogP contribution in [0.2, 0.25) is 10.0 Å². The topological polar surface area (TPSA) is 68.3 Å². The van der Waals surface area contributed by atoms with Gasteiger partial charge in [0.25, 0.3) is 5.91 Å². The molecule has 1 N–H and O–H groups in total. The molecule has 0 bridgehead atoms. The van der Waals surface area contributed by atoms with Crippen LogP contribution in [0, 0.1) is 20.8 Å². The first kappa shape index (κ1) is 21.5. The van der Waals surface area contributed by atoms with Gasteiger partial charge in [0, 0.05) is 16.8 Å². The molecule has 0 unspecified atom stereocenters. The zero-order valence-corrected chi connectivity index (χ0v) is 17.6. The lowest BCUT2D eigenvalue weighted by Gasteiger charge is -2.09. The first-order valence-electron chi connectivity index (χ1n) is 8.24. The van der Waals surface area contributed by atoms with E-state index in [1.54, 1.807) is 18.7 Å². The third-order valence-electron chi connectivity index (χ3n) is 3.88. The zero-order valence-electron chi connectivity index (χ0n) is 15.3. The minimum absolute atomic E-state index is 0.185. The number of anilines is 1. The summed E-state index contributed by atoms with van der Waals surface area (Å²) in [6.45, 7) is 5.43. The number of benzene rings is 1. The number of carbonyl (C=O) groups excluding carboxylic acids is 2. The van der Waals surface area contributed by atoms with Crippen LogP contribution >= 0.6 is 35.0 Å². The molecule has 27 heavy (non-hydrogen) atoms. The van der Waals surface area contributed by atoms with Gasteiger partial charge < -0.3 is 10.1 Å². The lowest BCUT2D eigenvalue weighted by Crippen LogP contribution is -2.21. The first-order chi connectivity index (χ1) is 12.8. The molecule has 8 heteroatoms. The molecule has 2 rings (SSSR count). The quantitative estimate of drug-likeness (QED) is 0.499. The number of hydrogen-bond donors (Lipinski definition) is 1. The number of esters is 1. The zero-order chi connectivity index (χ0) is 20.0. The number of carbonyl (C=O) groups is 2. The Bertz CT molecular complexity index is 859. The Hall–Kier alpha value is -1.76. The van der Waals surface area contributed by atoms with Gasteiger partial charge in [0.1, 0.15) is 0 Å². The number of nitrogens with zero attached hydrogens (tertiary/aromatic N) is 1. The van der Waals surface area contributed by atoms with E-state index in [1.165, 1.54) is 17.3 Å². The van der Waals surface area contributed by atoms with Gasteiger partial charge in [-0.25, -0.2) is 4.98 Å². The second-order valence-corrected chi connectivity index (χ2v) is 7.90. The molecule has 0 fully saturated rings. The Morgan fingerprint density at radius 2 is 1.93 bits per heavy atom. The Labute approximate surface area is 172 Å². The van der Waals surface area contributed by atoms with E-state index in [1.807, 2.05) is 6.07 Å². The molecule has 5 nitrogen and oxygen atoms in total. The summed E-state index contributed by atoms with van der Waals surface area (Å²) in [5.41, 5.74) is 3.06. The summed E-state index contributed by atoms with van der Waals surface area (Å²) in [6.07, 6.45) is 1.61. The van der Waals surface area contributed by atoms with Gasteiger partial charge in [0.2, 0.25) is 0 Å². The molecule has 0 radical (unpaired) electrons. The number of ether oxygens (including phenoxy) is 1. The van der Waals surface area contributed by atoms with Crippen LogP contribution in [0.5, 0.6) is 0 Å². The molecule has 0 saturated carbocycles. The summed E-state index contributed by atoms with van der Waals surface area (Å²) in [6, 6.07) is 6.16. The normalized spacial score (nSPS) is 10.6. The van der Waals surface area contributed by atoms with Crippen molar-refractivity contribution < 1.29 is 14.3 Å². The molecule has 2 aromatic rings. The fourth-order valence-electron chi connectivity index (χ4n) is 2.09. The van der Waals surface area contributed by atoms with E-state index in [9.17, 15) is 9.59 Å². The van der Waals surface area contributed by atoms with Gasteiger partial charge in [-0.15, -0.1) is 11.8 Å². The van der Waals surface area contributed by atoms with Crippen molar-refractivity contribution in [3.8, 4) is 0 Å². The van der Waals surface area contributed by atoms with Crippen molar-refractivity contribution in [1.29, 1.82) is 0 Å². The monoisotopic (exact) mass is 426 g/mol. The average Bonchev–Trinajstić information content (AvgIpc) is 2.63. The van der Waals surface area contributed by atoms with Crippen molar-refractivity contribution in [3.63, 3.8) is 0 Å². The van der Waals surface area contributed by atoms with Crippen LogP contribution in [-0.4, -0.2) is 29.2 Å². The molecular weight excluding hydrogens is 407 g/mol. The summed E-state index contributed by atoms with van der Waals surface area (Å²) in [4.78, 5) is 28.8. The summed E-state index contributed by atoms with van der Waals surface area (Å²) in [7, 11) is 0. The van der Waals surface area contributed by atoms with Crippen LogP contribution in [0.25, 0.3) is 0 Å². The SMILES string of the molecule is Cc1ccc(SCCC(=O)OCC(=O)Nc2ncc(Cl)c(C)c2Cl)cc1C. The van der Waals surface area contributed by atoms with Crippen LogP contribution in [-0.2, 0) is 14.3 Å². The van der Waals surface area contributed by atoms with E-state index >= 15 is 0 Å². The number of rotatable bonds is 7. The molecule has 1 amide bonds. The largest absolute Gasteiger partial charge is 0.456 e. The van der Waals surface area contributed by atoms with Crippen molar-refractivity contribution in [1.82, 2.24) is 4.98 Å². The number of thioether (sulfide) groups is 1. The molecule has 1 aromatic heterocycles. The van der Waals surface area contributed by atoms with Crippen molar-refractivity contribution in [2.45, 2.75) is 32.1 Å². The molecule has 1 heterocycles. The van der Waals surface area contributed by atoms with E-state index < -0.39 is 18.5 Å². The number of nitrogens with one attached hydrogen (secondary N) is 1. The summed E-state index contributed by atoms with van der Waals surface area (Å²) in [5.74, 6) is -0.189. The lowest BCUT2D eigenvalue weighted by atomic mass is 10.1. The van der Waals surface area contributed by atoms with Gasteiger partial charge in [0.15, 0.2) is 12.4 Å². The smallest absolute Gasteiger partial charge is 0.307 e. The van der Waals surface area contributed by atoms with Gasteiger partial charge in [-0.2, -0.15) is 0 Å². The van der Waals surface area contributed by atoms with Gasteiger partial charge >= 0.3 is 5.97 Å². The Balaban J connectivity index is 1.74. The van der Waals surface area contributed by atoms with Crippen molar-refractivity contribution >= 4 is 52.7 Å². The minimum atomic E-state index is -0.513. The second-order valence-electron chi connectivity index (χ2n) is 5.95. The molecule has 0 spiro atoms. The Kier molecular flexibility index (Phi) is 7.95.